The summed E-state index contributed by atoms with van der Waals surface area (Å²) in [5, 5.41) is 3.04. The second-order valence-corrected chi connectivity index (χ2v) is 7.05. The Morgan fingerprint density at radius 3 is 2.96 bits per heavy atom. The van der Waals surface area contributed by atoms with Crippen molar-refractivity contribution in [3.63, 3.8) is 0 Å². The van der Waals surface area contributed by atoms with E-state index in [2.05, 4.69) is 33.1 Å². The molecule has 0 bridgehead atoms. The van der Waals surface area contributed by atoms with Crippen LogP contribution in [0.15, 0.2) is 22.7 Å². The van der Waals surface area contributed by atoms with Crippen molar-refractivity contribution >= 4 is 21.8 Å². The summed E-state index contributed by atoms with van der Waals surface area (Å²) in [6, 6.07) is 6.60. The van der Waals surface area contributed by atoms with E-state index in [1.807, 2.05) is 18.2 Å². The van der Waals surface area contributed by atoms with Crippen LogP contribution in [0.2, 0.25) is 0 Å². The van der Waals surface area contributed by atoms with Crippen LogP contribution >= 0.6 is 15.9 Å². The van der Waals surface area contributed by atoms with Crippen LogP contribution < -0.4 is 10.1 Å². The summed E-state index contributed by atoms with van der Waals surface area (Å²) in [5.74, 6) is 0.940. The van der Waals surface area contributed by atoms with Crippen LogP contribution in [0.25, 0.3) is 0 Å². The number of piperidine rings is 1. The van der Waals surface area contributed by atoms with Crippen LogP contribution in [-0.2, 0) is 11.2 Å². The van der Waals surface area contributed by atoms with Crippen molar-refractivity contribution in [2.75, 3.05) is 26.7 Å². The molecule has 1 amide bonds. The minimum absolute atomic E-state index is 0.126. The largest absolute Gasteiger partial charge is 0.496 e. The Labute approximate surface area is 147 Å². The van der Waals surface area contributed by atoms with Crippen molar-refractivity contribution in [1.29, 1.82) is 0 Å². The number of halogens is 1. The first-order valence-electron chi connectivity index (χ1n) is 8.43. The van der Waals surface area contributed by atoms with Gasteiger partial charge in [-0.2, -0.15) is 0 Å². The molecule has 1 heterocycles. The maximum atomic E-state index is 12.0. The third-order valence-corrected chi connectivity index (χ3v) is 5.14. The van der Waals surface area contributed by atoms with Crippen LogP contribution in [0, 0.1) is 0 Å². The highest BCUT2D eigenvalue weighted by molar-refractivity contribution is 9.10. The van der Waals surface area contributed by atoms with Gasteiger partial charge in [0.25, 0.3) is 0 Å². The Kier molecular flexibility index (Phi) is 7.37. The minimum Gasteiger partial charge on any atom is -0.496 e. The standard InChI is InChI=1S/C18H27BrN2O2/c1-14-5-3-4-11-21(14)12-10-20-18(22)9-7-15-6-8-17(23-2)16(19)13-15/h6,8,13-14H,3-5,7,9-12H2,1-2H3,(H,20,22). The summed E-state index contributed by atoms with van der Waals surface area (Å²) < 4.78 is 6.14. The number of rotatable bonds is 7. The van der Waals surface area contributed by atoms with Crippen LogP contribution in [0.1, 0.15) is 38.2 Å². The minimum atomic E-state index is 0.126. The topological polar surface area (TPSA) is 41.6 Å². The summed E-state index contributed by atoms with van der Waals surface area (Å²) in [4.78, 5) is 14.5. The maximum Gasteiger partial charge on any atom is 0.220 e. The third-order valence-electron chi connectivity index (χ3n) is 4.52. The van der Waals surface area contributed by atoms with E-state index in [0.29, 0.717) is 12.5 Å². The van der Waals surface area contributed by atoms with Gasteiger partial charge in [-0.25, -0.2) is 0 Å². The molecule has 0 spiro atoms. The number of benzene rings is 1. The number of nitrogens with one attached hydrogen (secondary N) is 1. The number of amides is 1. The molecular weight excluding hydrogens is 356 g/mol. The average molecular weight is 383 g/mol. The van der Waals surface area contributed by atoms with Crippen molar-refractivity contribution in [1.82, 2.24) is 10.2 Å². The average Bonchev–Trinajstić information content (AvgIpc) is 2.55. The number of hydrogen-bond donors (Lipinski definition) is 1. The van der Waals surface area contributed by atoms with Crippen molar-refractivity contribution in [3.05, 3.63) is 28.2 Å². The molecule has 2 rings (SSSR count). The summed E-state index contributed by atoms with van der Waals surface area (Å²) in [6.45, 7) is 5.15. The Hall–Kier alpha value is -1.07. The Bertz CT molecular complexity index is 522. The van der Waals surface area contributed by atoms with E-state index >= 15 is 0 Å². The van der Waals surface area contributed by atoms with Crippen LogP contribution in [0.5, 0.6) is 5.75 Å². The van der Waals surface area contributed by atoms with Crippen LogP contribution in [0.4, 0.5) is 0 Å². The molecule has 1 aliphatic heterocycles. The highest BCUT2D eigenvalue weighted by Crippen LogP contribution is 2.25. The number of ether oxygens (including phenoxy) is 1. The Morgan fingerprint density at radius 2 is 2.26 bits per heavy atom. The molecule has 1 N–H and O–H groups in total. The first-order chi connectivity index (χ1) is 11.1. The molecule has 5 heteroatoms. The van der Waals surface area contributed by atoms with E-state index in [0.717, 1.165) is 41.8 Å². The van der Waals surface area contributed by atoms with Gasteiger partial charge in [0.15, 0.2) is 0 Å². The fourth-order valence-corrected chi connectivity index (χ4v) is 3.63. The number of carbonyl (C=O) groups is 1. The molecule has 1 aliphatic rings. The van der Waals surface area contributed by atoms with Gasteiger partial charge in [-0.1, -0.05) is 12.5 Å². The van der Waals surface area contributed by atoms with Gasteiger partial charge in [0.2, 0.25) is 5.91 Å². The summed E-state index contributed by atoms with van der Waals surface area (Å²) in [7, 11) is 1.65. The highest BCUT2D eigenvalue weighted by atomic mass is 79.9. The fraction of sp³-hybridized carbons (Fsp3) is 0.611. The quantitative estimate of drug-likeness (QED) is 0.785. The molecule has 4 nitrogen and oxygen atoms in total. The van der Waals surface area contributed by atoms with Gasteiger partial charge in [0.05, 0.1) is 11.6 Å². The van der Waals surface area contributed by atoms with Gasteiger partial charge in [0.1, 0.15) is 5.75 Å². The zero-order chi connectivity index (χ0) is 16.7. The van der Waals surface area contributed by atoms with E-state index in [4.69, 9.17) is 4.74 Å². The molecule has 0 aromatic heterocycles. The number of hydrogen-bond acceptors (Lipinski definition) is 3. The summed E-state index contributed by atoms with van der Waals surface area (Å²) in [5.41, 5.74) is 1.14. The second-order valence-electron chi connectivity index (χ2n) is 6.20. The molecule has 0 saturated carbocycles. The van der Waals surface area contributed by atoms with Crippen molar-refractivity contribution in [2.24, 2.45) is 0 Å². The van der Waals surface area contributed by atoms with E-state index in [1.165, 1.54) is 19.3 Å². The molecule has 128 valence electrons. The number of carbonyl (C=O) groups excluding carboxylic acids is 1. The third kappa shape index (κ3) is 5.81. The second kappa shape index (κ2) is 9.28. The van der Waals surface area contributed by atoms with Crippen LogP contribution in [0.3, 0.4) is 0 Å². The lowest BCUT2D eigenvalue weighted by Gasteiger charge is -2.33. The van der Waals surface area contributed by atoms with E-state index < -0.39 is 0 Å². The van der Waals surface area contributed by atoms with E-state index in [-0.39, 0.29) is 5.91 Å². The Morgan fingerprint density at radius 1 is 1.43 bits per heavy atom. The molecule has 1 unspecified atom stereocenters. The van der Waals surface area contributed by atoms with Crippen LogP contribution in [-0.4, -0.2) is 43.6 Å². The van der Waals surface area contributed by atoms with Crippen molar-refractivity contribution in [2.45, 2.75) is 45.1 Å². The lowest BCUT2D eigenvalue weighted by molar-refractivity contribution is -0.121. The van der Waals surface area contributed by atoms with Gasteiger partial charge < -0.3 is 10.1 Å². The zero-order valence-electron chi connectivity index (χ0n) is 14.1. The summed E-state index contributed by atoms with van der Waals surface area (Å²) >= 11 is 3.47. The Balaban J connectivity index is 1.67. The monoisotopic (exact) mass is 382 g/mol. The molecule has 1 atom stereocenters. The SMILES string of the molecule is COc1ccc(CCC(=O)NCCN2CCCCC2C)cc1Br. The molecule has 1 aromatic rings. The lowest BCUT2D eigenvalue weighted by atomic mass is 10.0. The predicted octanol–water partition coefficient (Wildman–Crippen LogP) is 3.38. The number of methoxy groups -OCH3 is 1. The van der Waals surface area contributed by atoms with Gasteiger partial charge in [-0.3, -0.25) is 9.69 Å². The van der Waals surface area contributed by atoms with Gasteiger partial charge in [0, 0.05) is 25.6 Å². The van der Waals surface area contributed by atoms with Gasteiger partial charge in [-0.15, -0.1) is 0 Å². The highest BCUT2D eigenvalue weighted by Gasteiger charge is 2.17. The normalized spacial score (nSPS) is 18.7. The first kappa shape index (κ1) is 18.3. The molecule has 1 saturated heterocycles. The molecular formula is C18H27BrN2O2. The number of likely N-dealkylation sites (tertiary alicyclic amines) is 1. The van der Waals surface area contributed by atoms with E-state index in [9.17, 15) is 4.79 Å². The zero-order valence-corrected chi connectivity index (χ0v) is 15.7. The lowest BCUT2D eigenvalue weighted by Crippen LogP contribution is -2.42. The van der Waals surface area contributed by atoms with E-state index in [1.54, 1.807) is 7.11 Å². The molecule has 0 radical (unpaired) electrons. The smallest absolute Gasteiger partial charge is 0.220 e. The molecule has 0 aliphatic carbocycles. The molecule has 1 fully saturated rings. The number of nitrogens with zero attached hydrogens (tertiary/aromatic N) is 1. The summed E-state index contributed by atoms with van der Waals surface area (Å²) in [6.07, 6.45) is 5.16. The molecule has 1 aromatic carbocycles. The maximum absolute atomic E-state index is 12.0. The fourth-order valence-electron chi connectivity index (χ4n) is 3.04. The van der Waals surface area contributed by atoms with Crippen molar-refractivity contribution < 1.29 is 9.53 Å². The number of aryl methyl sites for hydroxylation is 1. The van der Waals surface area contributed by atoms with Crippen molar-refractivity contribution in [3.8, 4) is 5.75 Å². The molecule has 23 heavy (non-hydrogen) atoms. The predicted molar refractivity (Wildman–Crippen MR) is 96.9 cm³/mol. The van der Waals surface area contributed by atoms with Gasteiger partial charge >= 0.3 is 0 Å². The first-order valence-corrected chi connectivity index (χ1v) is 9.22. The van der Waals surface area contributed by atoms with Gasteiger partial charge in [-0.05, 0) is 66.4 Å².